The molecule has 2 heterocycles. The van der Waals surface area contributed by atoms with Gasteiger partial charge in [-0.1, -0.05) is 32.0 Å². The van der Waals surface area contributed by atoms with E-state index in [4.69, 9.17) is 0 Å². The van der Waals surface area contributed by atoms with Crippen LogP contribution in [0.4, 0.5) is 26.3 Å². The van der Waals surface area contributed by atoms with Gasteiger partial charge < -0.3 is 4.90 Å². The minimum atomic E-state index is -4.71. The molecule has 4 rings (SSSR count). The van der Waals surface area contributed by atoms with Crippen LogP contribution in [0.15, 0.2) is 53.4 Å². The molecule has 0 aliphatic carbocycles. The smallest absolute Gasteiger partial charge is 0.319 e. The Morgan fingerprint density at radius 1 is 0.949 bits per heavy atom. The molecule has 0 radical (unpaired) electrons. The maximum atomic E-state index is 13.4. The first-order chi connectivity index (χ1) is 18.0. The number of benzene rings is 2. The number of carbonyl (C=O) groups is 1. The normalized spacial score (nSPS) is 20.8. The van der Waals surface area contributed by atoms with Gasteiger partial charge in [-0.25, -0.2) is 8.42 Å². The van der Waals surface area contributed by atoms with E-state index in [0.29, 0.717) is 12.5 Å². The predicted molar refractivity (Wildman–Crippen MR) is 131 cm³/mol. The van der Waals surface area contributed by atoms with Crippen LogP contribution < -0.4 is 5.32 Å². The van der Waals surface area contributed by atoms with Crippen LogP contribution >= 0.6 is 0 Å². The standard InChI is InChI=1S/C26H29F6N3O3S/c1-17(2)13-22-23(36)35(16-18-5-3-6-19(14-18)25(27,28)29)24(33-22)9-11-34(12-10-24)39(37,38)21-8-4-7-20(15-21)26(30,31)32/h3-8,14-15,17,22,33H,9-13,16H2,1-2H3. The maximum absolute atomic E-state index is 13.4. The lowest BCUT2D eigenvalue weighted by Crippen LogP contribution is -2.59. The van der Waals surface area contributed by atoms with Crippen LogP contribution in [0.25, 0.3) is 0 Å². The highest BCUT2D eigenvalue weighted by Crippen LogP contribution is 2.38. The van der Waals surface area contributed by atoms with Gasteiger partial charge in [0.1, 0.15) is 0 Å². The third-order valence-corrected chi connectivity index (χ3v) is 9.07. The molecule has 1 N–H and O–H groups in total. The Hall–Kier alpha value is -2.64. The fraction of sp³-hybridized carbons (Fsp3) is 0.500. The number of nitrogens with zero attached hydrogens (tertiary/aromatic N) is 2. The van der Waals surface area contributed by atoms with Crippen LogP contribution in [0.2, 0.25) is 0 Å². The number of piperidine rings is 1. The van der Waals surface area contributed by atoms with E-state index in [1.807, 2.05) is 13.8 Å². The molecular weight excluding hydrogens is 548 g/mol. The number of hydrogen-bond donors (Lipinski definition) is 1. The highest BCUT2D eigenvalue weighted by atomic mass is 32.2. The SMILES string of the molecule is CC(C)CC1NC2(CCN(S(=O)(=O)c3cccc(C(F)(F)F)c3)CC2)N(Cc2cccc(C(F)(F)F)c2)C1=O. The second-order valence-corrected chi connectivity index (χ2v) is 12.3. The molecule has 2 fully saturated rings. The van der Waals surface area contributed by atoms with Crippen molar-refractivity contribution in [3.63, 3.8) is 0 Å². The van der Waals surface area contributed by atoms with Crippen molar-refractivity contribution in [1.29, 1.82) is 0 Å². The quantitative estimate of drug-likeness (QED) is 0.477. The predicted octanol–water partition coefficient (Wildman–Crippen LogP) is 5.25. The summed E-state index contributed by atoms with van der Waals surface area (Å²) in [5, 5.41) is 3.33. The zero-order valence-corrected chi connectivity index (χ0v) is 22.1. The van der Waals surface area contributed by atoms with Crippen LogP contribution in [-0.2, 0) is 33.7 Å². The topological polar surface area (TPSA) is 69.7 Å². The van der Waals surface area contributed by atoms with Crippen molar-refractivity contribution in [3.05, 3.63) is 65.2 Å². The molecule has 2 aliphatic heterocycles. The molecular formula is C26H29F6N3O3S. The van der Waals surface area contributed by atoms with Crippen molar-refractivity contribution in [2.75, 3.05) is 13.1 Å². The van der Waals surface area contributed by atoms with E-state index in [2.05, 4.69) is 5.32 Å². The number of hydrogen-bond acceptors (Lipinski definition) is 4. The summed E-state index contributed by atoms with van der Waals surface area (Å²) in [6, 6.07) is 7.63. The highest BCUT2D eigenvalue weighted by molar-refractivity contribution is 7.89. The van der Waals surface area contributed by atoms with E-state index in [9.17, 15) is 39.6 Å². The number of rotatable bonds is 6. The number of sulfonamides is 1. The van der Waals surface area contributed by atoms with Crippen molar-refractivity contribution >= 4 is 15.9 Å². The number of amides is 1. The van der Waals surface area contributed by atoms with Gasteiger partial charge in [-0.05, 0) is 61.1 Å². The van der Waals surface area contributed by atoms with Crippen molar-refractivity contribution in [1.82, 2.24) is 14.5 Å². The first-order valence-corrected chi connectivity index (χ1v) is 13.9. The molecule has 0 bridgehead atoms. The highest BCUT2D eigenvalue weighted by Gasteiger charge is 2.52. The average molecular weight is 578 g/mol. The van der Waals surface area contributed by atoms with E-state index in [1.54, 1.807) is 0 Å². The summed E-state index contributed by atoms with van der Waals surface area (Å²) in [5.41, 5.74) is -2.65. The van der Waals surface area contributed by atoms with Crippen LogP contribution in [0.1, 0.15) is 49.8 Å². The molecule has 39 heavy (non-hydrogen) atoms. The molecule has 214 valence electrons. The number of nitrogens with one attached hydrogen (secondary N) is 1. The lowest BCUT2D eigenvalue weighted by Gasteiger charge is -2.44. The first-order valence-electron chi connectivity index (χ1n) is 12.5. The van der Waals surface area contributed by atoms with E-state index in [-0.39, 0.29) is 49.9 Å². The third kappa shape index (κ3) is 6.09. The van der Waals surface area contributed by atoms with E-state index < -0.39 is 50.1 Å². The van der Waals surface area contributed by atoms with Crippen molar-refractivity contribution in [2.24, 2.45) is 5.92 Å². The Morgan fingerprint density at radius 2 is 1.51 bits per heavy atom. The molecule has 1 unspecified atom stereocenters. The second-order valence-electron chi connectivity index (χ2n) is 10.4. The fourth-order valence-corrected chi connectivity index (χ4v) is 6.73. The number of carbonyl (C=O) groups excluding carboxylic acids is 1. The molecule has 1 atom stereocenters. The minimum Gasteiger partial charge on any atom is -0.319 e. The van der Waals surface area contributed by atoms with Gasteiger partial charge in [0.25, 0.3) is 0 Å². The number of halogens is 6. The van der Waals surface area contributed by atoms with Gasteiger partial charge in [-0.3, -0.25) is 10.1 Å². The molecule has 1 amide bonds. The second kappa shape index (κ2) is 10.4. The van der Waals surface area contributed by atoms with Gasteiger partial charge in [0.15, 0.2) is 0 Å². The van der Waals surface area contributed by atoms with Gasteiger partial charge in [-0.2, -0.15) is 30.6 Å². The Labute approximate surface area is 223 Å². The molecule has 0 saturated carbocycles. The van der Waals surface area contributed by atoms with Gasteiger partial charge in [0.2, 0.25) is 15.9 Å². The molecule has 2 aromatic carbocycles. The van der Waals surface area contributed by atoms with Gasteiger partial charge in [0.05, 0.1) is 27.7 Å². The molecule has 2 aliphatic rings. The lowest BCUT2D eigenvalue weighted by atomic mass is 9.96. The fourth-order valence-electron chi connectivity index (χ4n) is 5.24. The Bertz CT molecular complexity index is 1320. The minimum absolute atomic E-state index is 0.0909. The van der Waals surface area contributed by atoms with Crippen molar-refractivity contribution in [3.8, 4) is 0 Å². The monoisotopic (exact) mass is 577 g/mol. The Kier molecular flexibility index (Phi) is 7.82. The van der Waals surface area contributed by atoms with E-state index in [1.165, 1.54) is 17.0 Å². The maximum Gasteiger partial charge on any atom is 0.416 e. The van der Waals surface area contributed by atoms with Crippen molar-refractivity contribution in [2.45, 2.75) is 68.6 Å². The summed E-state index contributed by atoms with van der Waals surface area (Å²) in [5.74, 6) is -0.145. The lowest BCUT2D eigenvalue weighted by molar-refractivity contribution is -0.138. The average Bonchev–Trinajstić information content (AvgIpc) is 3.08. The Balaban J connectivity index is 1.59. The Morgan fingerprint density at radius 3 is 2.08 bits per heavy atom. The van der Waals surface area contributed by atoms with Crippen LogP contribution in [-0.4, -0.2) is 48.3 Å². The zero-order chi connectivity index (χ0) is 28.8. The molecule has 0 aromatic heterocycles. The van der Waals surface area contributed by atoms with Gasteiger partial charge in [-0.15, -0.1) is 0 Å². The first kappa shape index (κ1) is 29.3. The van der Waals surface area contributed by atoms with Gasteiger partial charge in [0, 0.05) is 19.6 Å². The zero-order valence-electron chi connectivity index (χ0n) is 21.3. The van der Waals surface area contributed by atoms with Crippen LogP contribution in [0.3, 0.4) is 0 Å². The summed E-state index contributed by atoms with van der Waals surface area (Å²) in [6.45, 7) is 3.58. The largest absolute Gasteiger partial charge is 0.416 e. The molecule has 13 heteroatoms. The van der Waals surface area contributed by atoms with E-state index in [0.717, 1.165) is 34.6 Å². The number of alkyl halides is 6. The summed E-state index contributed by atoms with van der Waals surface area (Å²) in [4.78, 5) is 14.4. The van der Waals surface area contributed by atoms with Crippen molar-refractivity contribution < 1.29 is 39.6 Å². The summed E-state index contributed by atoms with van der Waals surface area (Å²) >= 11 is 0. The summed E-state index contributed by atoms with van der Waals surface area (Å²) < 4.78 is 107. The molecule has 2 aromatic rings. The summed E-state index contributed by atoms with van der Waals surface area (Å²) in [6.07, 6.45) is -8.55. The van der Waals surface area contributed by atoms with E-state index >= 15 is 0 Å². The van der Waals surface area contributed by atoms with Crippen LogP contribution in [0, 0.1) is 5.92 Å². The molecule has 1 spiro atoms. The molecule has 2 saturated heterocycles. The summed E-state index contributed by atoms with van der Waals surface area (Å²) in [7, 11) is -4.26. The van der Waals surface area contributed by atoms with Gasteiger partial charge >= 0.3 is 12.4 Å². The third-order valence-electron chi connectivity index (χ3n) is 7.17. The van der Waals surface area contributed by atoms with Crippen LogP contribution in [0.5, 0.6) is 0 Å². The molecule has 6 nitrogen and oxygen atoms in total.